The first-order valence-electron chi connectivity index (χ1n) is 10.6. The van der Waals surface area contributed by atoms with Gasteiger partial charge in [-0.05, 0) is 11.1 Å². The fourth-order valence-corrected chi connectivity index (χ4v) is 3.79. The van der Waals surface area contributed by atoms with Crippen LogP contribution < -0.4 is 11.2 Å². The van der Waals surface area contributed by atoms with Crippen LogP contribution in [-0.4, -0.2) is 36.7 Å². The van der Waals surface area contributed by atoms with E-state index in [1.54, 1.807) is 13.4 Å². The third kappa shape index (κ3) is 4.63. The second-order valence-electron chi connectivity index (χ2n) is 7.85. The Morgan fingerprint density at radius 2 is 1.62 bits per heavy atom. The summed E-state index contributed by atoms with van der Waals surface area (Å²) in [6.07, 6.45) is 5.93. The number of hydrogen-bond donors (Lipinski definition) is 0. The molecule has 2 aromatic heterocycles. The SMILES string of the molecule is Cn1c(=O)c2c(ncn2CCN(C/C=C/c2ccccc2)Cc2ccccc2)n(C)c1=O. The predicted octanol–water partition coefficient (Wildman–Crippen LogP) is 2.65. The van der Waals surface area contributed by atoms with Crippen molar-refractivity contribution in [2.45, 2.75) is 13.1 Å². The molecular formula is C25H27N5O2. The van der Waals surface area contributed by atoms with E-state index in [2.05, 4.69) is 46.3 Å². The Hall–Kier alpha value is -3.71. The summed E-state index contributed by atoms with van der Waals surface area (Å²) in [5.74, 6) is 0. The average Bonchev–Trinajstić information content (AvgIpc) is 3.25. The fourth-order valence-electron chi connectivity index (χ4n) is 3.79. The Kier molecular flexibility index (Phi) is 6.47. The first-order valence-corrected chi connectivity index (χ1v) is 10.6. The van der Waals surface area contributed by atoms with Crippen molar-refractivity contribution < 1.29 is 0 Å². The highest BCUT2D eigenvalue weighted by Gasteiger charge is 2.15. The van der Waals surface area contributed by atoms with Gasteiger partial charge in [-0.3, -0.25) is 18.8 Å². The van der Waals surface area contributed by atoms with Gasteiger partial charge in [-0.15, -0.1) is 0 Å². The molecule has 0 aliphatic carbocycles. The Bertz CT molecular complexity index is 1330. The maximum atomic E-state index is 12.7. The maximum absolute atomic E-state index is 12.7. The number of imidazole rings is 1. The van der Waals surface area contributed by atoms with E-state index >= 15 is 0 Å². The van der Waals surface area contributed by atoms with Gasteiger partial charge in [0.05, 0.1) is 6.33 Å². The van der Waals surface area contributed by atoms with E-state index in [9.17, 15) is 9.59 Å². The van der Waals surface area contributed by atoms with Gasteiger partial charge in [-0.2, -0.15) is 0 Å². The average molecular weight is 430 g/mol. The van der Waals surface area contributed by atoms with Crippen molar-refractivity contribution in [3.8, 4) is 0 Å². The molecule has 0 N–H and O–H groups in total. The third-order valence-electron chi connectivity index (χ3n) is 5.60. The molecule has 2 aromatic carbocycles. The van der Waals surface area contributed by atoms with Gasteiger partial charge >= 0.3 is 5.69 Å². The van der Waals surface area contributed by atoms with E-state index < -0.39 is 0 Å². The van der Waals surface area contributed by atoms with Crippen LogP contribution in [0.2, 0.25) is 0 Å². The van der Waals surface area contributed by atoms with E-state index in [1.165, 1.54) is 17.2 Å². The Labute approximate surface area is 186 Å². The highest BCUT2D eigenvalue weighted by Crippen LogP contribution is 2.09. The topological polar surface area (TPSA) is 65.1 Å². The molecule has 4 rings (SSSR count). The van der Waals surface area contributed by atoms with Gasteiger partial charge in [0, 0.05) is 40.3 Å². The zero-order valence-electron chi connectivity index (χ0n) is 18.4. The predicted molar refractivity (Wildman–Crippen MR) is 127 cm³/mol. The van der Waals surface area contributed by atoms with E-state index in [-0.39, 0.29) is 11.2 Å². The van der Waals surface area contributed by atoms with Crippen LogP contribution in [-0.2, 0) is 27.2 Å². The monoisotopic (exact) mass is 429 g/mol. The number of fused-ring (bicyclic) bond motifs is 1. The van der Waals surface area contributed by atoms with E-state index in [0.29, 0.717) is 17.7 Å². The maximum Gasteiger partial charge on any atom is 0.332 e. The Morgan fingerprint density at radius 1 is 0.938 bits per heavy atom. The molecule has 7 nitrogen and oxygen atoms in total. The van der Waals surface area contributed by atoms with Crippen LogP contribution in [0.3, 0.4) is 0 Å². The van der Waals surface area contributed by atoms with Crippen molar-refractivity contribution in [1.29, 1.82) is 0 Å². The van der Waals surface area contributed by atoms with Crippen LogP contribution in [0.1, 0.15) is 11.1 Å². The molecule has 164 valence electrons. The lowest BCUT2D eigenvalue weighted by Crippen LogP contribution is -2.38. The zero-order chi connectivity index (χ0) is 22.5. The van der Waals surface area contributed by atoms with Gasteiger partial charge in [0.25, 0.3) is 5.56 Å². The summed E-state index contributed by atoms with van der Waals surface area (Å²) in [5, 5.41) is 0. The molecule has 2 heterocycles. The van der Waals surface area contributed by atoms with Crippen LogP contribution in [0.15, 0.2) is 82.7 Å². The molecule has 0 unspecified atom stereocenters. The summed E-state index contributed by atoms with van der Waals surface area (Å²) in [6.45, 7) is 2.89. The molecular weight excluding hydrogens is 402 g/mol. The van der Waals surface area contributed by atoms with Gasteiger partial charge in [0.2, 0.25) is 0 Å². The van der Waals surface area contributed by atoms with Crippen LogP contribution in [0, 0.1) is 0 Å². The number of hydrogen-bond acceptors (Lipinski definition) is 4. The molecule has 0 amide bonds. The molecule has 32 heavy (non-hydrogen) atoms. The summed E-state index contributed by atoms with van der Waals surface area (Å²) >= 11 is 0. The molecule has 0 fully saturated rings. The molecule has 4 aromatic rings. The smallest absolute Gasteiger partial charge is 0.323 e. The molecule has 0 atom stereocenters. The molecule has 7 heteroatoms. The van der Waals surface area contributed by atoms with Crippen molar-refractivity contribution in [2.24, 2.45) is 14.1 Å². The second kappa shape index (κ2) is 9.62. The van der Waals surface area contributed by atoms with Gasteiger partial charge in [0.1, 0.15) is 0 Å². The largest absolute Gasteiger partial charge is 0.332 e. The van der Waals surface area contributed by atoms with Gasteiger partial charge in [-0.1, -0.05) is 72.8 Å². The number of nitrogens with zero attached hydrogens (tertiary/aromatic N) is 5. The normalized spacial score (nSPS) is 11.7. The minimum atomic E-state index is -0.371. The summed E-state index contributed by atoms with van der Waals surface area (Å²) in [6, 6.07) is 20.6. The molecule has 0 radical (unpaired) electrons. The van der Waals surface area contributed by atoms with Gasteiger partial charge in [0.15, 0.2) is 11.2 Å². The fraction of sp³-hybridized carbons (Fsp3) is 0.240. The van der Waals surface area contributed by atoms with Crippen molar-refractivity contribution >= 4 is 17.2 Å². The first kappa shape index (κ1) is 21.5. The second-order valence-corrected chi connectivity index (χ2v) is 7.85. The summed E-state index contributed by atoms with van der Waals surface area (Å²) in [7, 11) is 3.13. The highest BCUT2D eigenvalue weighted by atomic mass is 16.2. The van der Waals surface area contributed by atoms with Crippen LogP contribution in [0.4, 0.5) is 0 Å². The lowest BCUT2D eigenvalue weighted by atomic mass is 10.2. The number of aryl methyl sites for hydroxylation is 1. The summed E-state index contributed by atoms with van der Waals surface area (Å²) in [5.41, 5.74) is 2.57. The molecule has 0 saturated heterocycles. The lowest BCUT2D eigenvalue weighted by molar-refractivity contribution is 0.283. The zero-order valence-corrected chi connectivity index (χ0v) is 18.4. The van der Waals surface area contributed by atoms with Crippen molar-refractivity contribution in [2.75, 3.05) is 13.1 Å². The highest BCUT2D eigenvalue weighted by molar-refractivity contribution is 5.69. The number of rotatable bonds is 8. The summed E-state index contributed by atoms with van der Waals surface area (Å²) in [4.78, 5) is 31.5. The summed E-state index contributed by atoms with van der Waals surface area (Å²) < 4.78 is 4.39. The molecule has 0 saturated carbocycles. The van der Waals surface area contributed by atoms with E-state index in [4.69, 9.17) is 0 Å². The van der Waals surface area contributed by atoms with Gasteiger partial charge < -0.3 is 4.57 Å². The Balaban J connectivity index is 1.55. The third-order valence-corrected chi connectivity index (χ3v) is 5.60. The minimum Gasteiger partial charge on any atom is -0.323 e. The number of benzene rings is 2. The van der Waals surface area contributed by atoms with E-state index in [1.807, 2.05) is 41.0 Å². The minimum absolute atomic E-state index is 0.320. The standard InChI is InChI=1S/C25H27N5O2/c1-27-23-22(24(31)28(2)25(27)32)30(19-26-23)17-16-29(18-21-12-7-4-8-13-21)15-9-14-20-10-5-3-6-11-20/h3-14,19H,15-18H2,1-2H3/b14-9+. The lowest BCUT2D eigenvalue weighted by Gasteiger charge is -2.21. The van der Waals surface area contributed by atoms with Crippen molar-refractivity contribution in [1.82, 2.24) is 23.6 Å². The van der Waals surface area contributed by atoms with Crippen molar-refractivity contribution in [3.63, 3.8) is 0 Å². The van der Waals surface area contributed by atoms with Crippen LogP contribution in [0.5, 0.6) is 0 Å². The van der Waals surface area contributed by atoms with Crippen LogP contribution >= 0.6 is 0 Å². The van der Waals surface area contributed by atoms with Crippen molar-refractivity contribution in [3.05, 3.63) is 105 Å². The van der Waals surface area contributed by atoms with Crippen LogP contribution in [0.25, 0.3) is 17.2 Å². The molecule has 0 aliphatic rings. The Morgan fingerprint density at radius 3 is 2.34 bits per heavy atom. The quantitative estimate of drug-likeness (QED) is 0.432. The first-order chi connectivity index (χ1) is 15.5. The van der Waals surface area contributed by atoms with E-state index in [0.717, 1.165) is 29.8 Å². The molecule has 0 aliphatic heterocycles. The molecule has 0 spiro atoms. The number of aromatic nitrogens is 4. The molecule has 0 bridgehead atoms. The van der Waals surface area contributed by atoms with Gasteiger partial charge in [-0.25, -0.2) is 9.78 Å².